The first-order chi connectivity index (χ1) is 14.2. The van der Waals surface area contributed by atoms with Gasteiger partial charge in [-0.25, -0.2) is 4.79 Å². The van der Waals surface area contributed by atoms with E-state index in [9.17, 15) is 4.79 Å². The molecule has 0 bridgehead atoms. The van der Waals surface area contributed by atoms with Gasteiger partial charge < -0.3 is 24.6 Å². The Labute approximate surface area is 181 Å². The first-order valence-electron chi connectivity index (χ1n) is 11.4. The van der Waals surface area contributed by atoms with Crippen LogP contribution < -0.4 is 15.0 Å². The predicted molar refractivity (Wildman–Crippen MR) is 121 cm³/mol. The zero-order valence-corrected chi connectivity index (χ0v) is 19.3. The highest BCUT2D eigenvalue weighted by atomic mass is 16.6. The van der Waals surface area contributed by atoms with E-state index < -0.39 is 5.60 Å². The number of carbonyl (C=O) groups excluding carboxylic acids is 1. The molecule has 3 unspecified atom stereocenters. The molecule has 1 N–H and O–H groups in total. The monoisotopic (exact) mass is 417 g/mol. The van der Waals surface area contributed by atoms with E-state index in [1.807, 2.05) is 31.7 Å². The van der Waals surface area contributed by atoms with Crippen molar-refractivity contribution >= 4 is 11.8 Å². The summed E-state index contributed by atoms with van der Waals surface area (Å²) in [5.74, 6) is 2.03. The molecular weight excluding hydrogens is 378 g/mol. The highest BCUT2D eigenvalue weighted by Crippen LogP contribution is 2.27. The van der Waals surface area contributed by atoms with Crippen molar-refractivity contribution in [2.75, 3.05) is 44.7 Å². The van der Waals surface area contributed by atoms with Gasteiger partial charge in [0.25, 0.3) is 0 Å². The Balaban J connectivity index is 1.45. The van der Waals surface area contributed by atoms with Gasteiger partial charge in [-0.15, -0.1) is 0 Å². The van der Waals surface area contributed by atoms with Crippen LogP contribution in [0.15, 0.2) is 24.3 Å². The van der Waals surface area contributed by atoms with Gasteiger partial charge in [0.2, 0.25) is 0 Å². The third kappa shape index (κ3) is 6.27. The molecule has 0 saturated carbocycles. The fraction of sp³-hybridized carbons (Fsp3) is 0.708. The van der Waals surface area contributed by atoms with Gasteiger partial charge in [-0.2, -0.15) is 0 Å². The van der Waals surface area contributed by atoms with Crippen LogP contribution in [0.2, 0.25) is 0 Å². The largest absolute Gasteiger partial charge is 0.497 e. The van der Waals surface area contributed by atoms with E-state index in [2.05, 4.69) is 35.3 Å². The highest BCUT2D eigenvalue weighted by Gasteiger charge is 2.31. The topological polar surface area (TPSA) is 54.0 Å². The maximum absolute atomic E-state index is 12.4. The van der Waals surface area contributed by atoms with Crippen molar-refractivity contribution in [3.8, 4) is 5.75 Å². The summed E-state index contributed by atoms with van der Waals surface area (Å²) in [6.07, 6.45) is 3.23. The van der Waals surface area contributed by atoms with Crippen LogP contribution in [0.25, 0.3) is 0 Å². The lowest BCUT2D eigenvalue weighted by Gasteiger charge is -2.37. The zero-order chi connectivity index (χ0) is 21.7. The van der Waals surface area contributed by atoms with E-state index in [0.717, 1.165) is 51.3 Å². The first-order valence-corrected chi connectivity index (χ1v) is 11.4. The summed E-state index contributed by atoms with van der Waals surface area (Å²) in [5.41, 5.74) is 0.801. The summed E-state index contributed by atoms with van der Waals surface area (Å²) in [7, 11) is 1.71. The maximum atomic E-state index is 12.4. The third-order valence-electron chi connectivity index (χ3n) is 6.25. The van der Waals surface area contributed by atoms with Crippen molar-refractivity contribution in [3.63, 3.8) is 0 Å². The van der Waals surface area contributed by atoms with Gasteiger partial charge >= 0.3 is 6.09 Å². The molecule has 1 amide bonds. The quantitative estimate of drug-likeness (QED) is 0.754. The van der Waals surface area contributed by atoms with Crippen LogP contribution in [0, 0.1) is 11.8 Å². The van der Waals surface area contributed by atoms with Gasteiger partial charge in [0.15, 0.2) is 0 Å². The number of piperidine rings is 1. The minimum Gasteiger partial charge on any atom is -0.497 e. The van der Waals surface area contributed by atoms with Gasteiger partial charge in [-0.1, -0.05) is 6.07 Å². The van der Waals surface area contributed by atoms with Crippen molar-refractivity contribution in [2.24, 2.45) is 11.8 Å². The van der Waals surface area contributed by atoms with Crippen LogP contribution in [0.4, 0.5) is 10.5 Å². The molecule has 0 radical (unpaired) electrons. The van der Waals surface area contributed by atoms with E-state index in [0.29, 0.717) is 17.9 Å². The normalized spacial score (nSPS) is 23.4. The SMILES string of the molecule is COc1cccc(N2CCC(CNC(C)C3CCCN(C(=O)OC(C)(C)C)C3)C2)c1. The van der Waals surface area contributed by atoms with Crippen molar-refractivity contribution in [2.45, 2.75) is 58.6 Å². The molecule has 0 aliphatic carbocycles. The predicted octanol–water partition coefficient (Wildman–Crippen LogP) is 4.15. The van der Waals surface area contributed by atoms with E-state index in [-0.39, 0.29) is 6.09 Å². The second-order valence-electron chi connectivity index (χ2n) is 9.83. The van der Waals surface area contributed by atoms with Crippen molar-refractivity contribution in [1.29, 1.82) is 0 Å². The van der Waals surface area contributed by atoms with Gasteiger partial charge in [-0.3, -0.25) is 0 Å². The summed E-state index contributed by atoms with van der Waals surface area (Å²) in [6, 6.07) is 8.72. The zero-order valence-electron chi connectivity index (χ0n) is 19.3. The number of carbonyl (C=O) groups is 1. The number of rotatable bonds is 6. The van der Waals surface area contributed by atoms with Gasteiger partial charge in [-0.05, 0) is 77.5 Å². The van der Waals surface area contributed by atoms with Gasteiger partial charge in [0.1, 0.15) is 11.4 Å². The molecule has 6 heteroatoms. The standard InChI is InChI=1S/C24H39N3O3/c1-18(20-8-7-12-27(17-20)23(28)30-24(2,3)4)25-15-19-11-13-26(16-19)21-9-6-10-22(14-21)29-5/h6,9-10,14,18-20,25H,7-8,11-13,15-17H2,1-5H3. The van der Waals surface area contributed by atoms with E-state index in [1.165, 1.54) is 12.1 Å². The van der Waals surface area contributed by atoms with Gasteiger partial charge in [0.05, 0.1) is 7.11 Å². The Morgan fingerprint density at radius 3 is 2.77 bits per heavy atom. The number of hydrogen-bond acceptors (Lipinski definition) is 5. The van der Waals surface area contributed by atoms with Crippen molar-refractivity contribution < 1.29 is 14.3 Å². The van der Waals surface area contributed by atoms with E-state index >= 15 is 0 Å². The third-order valence-corrected chi connectivity index (χ3v) is 6.25. The molecule has 3 atom stereocenters. The highest BCUT2D eigenvalue weighted by molar-refractivity contribution is 5.68. The number of benzene rings is 1. The lowest BCUT2D eigenvalue weighted by atomic mass is 9.91. The molecule has 168 valence electrons. The van der Waals surface area contributed by atoms with Crippen LogP contribution in [-0.4, -0.2) is 62.5 Å². The number of likely N-dealkylation sites (tertiary alicyclic amines) is 1. The van der Waals surface area contributed by atoms with Crippen LogP contribution >= 0.6 is 0 Å². The first kappa shape index (κ1) is 22.7. The van der Waals surface area contributed by atoms with Crippen molar-refractivity contribution in [1.82, 2.24) is 10.2 Å². The van der Waals surface area contributed by atoms with E-state index in [1.54, 1.807) is 7.11 Å². The Morgan fingerprint density at radius 2 is 2.03 bits per heavy atom. The molecule has 1 aromatic carbocycles. The molecule has 2 heterocycles. The second kappa shape index (κ2) is 9.90. The lowest BCUT2D eigenvalue weighted by Crippen LogP contribution is -2.48. The lowest BCUT2D eigenvalue weighted by molar-refractivity contribution is 0.0148. The molecular formula is C24H39N3O3. The number of hydrogen-bond donors (Lipinski definition) is 1. The number of nitrogens with one attached hydrogen (secondary N) is 1. The Kier molecular flexibility index (Phi) is 7.50. The number of anilines is 1. The summed E-state index contributed by atoms with van der Waals surface area (Å²) < 4.78 is 10.9. The molecule has 30 heavy (non-hydrogen) atoms. The average Bonchev–Trinajstić information content (AvgIpc) is 3.20. The summed E-state index contributed by atoms with van der Waals surface area (Å²) in [5, 5.41) is 3.77. The van der Waals surface area contributed by atoms with Crippen LogP contribution in [0.5, 0.6) is 5.75 Å². The average molecular weight is 418 g/mol. The molecule has 2 saturated heterocycles. The summed E-state index contributed by atoms with van der Waals surface area (Å²) in [4.78, 5) is 16.8. The van der Waals surface area contributed by atoms with Gasteiger partial charge in [0, 0.05) is 44.0 Å². The summed E-state index contributed by atoms with van der Waals surface area (Å²) >= 11 is 0. The molecule has 2 aliphatic heterocycles. The maximum Gasteiger partial charge on any atom is 0.410 e. The molecule has 0 aromatic heterocycles. The molecule has 2 aliphatic rings. The van der Waals surface area contributed by atoms with Crippen LogP contribution in [0.1, 0.15) is 47.0 Å². The minimum atomic E-state index is -0.439. The fourth-order valence-electron chi connectivity index (χ4n) is 4.47. The van der Waals surface area contributed by atoms with Crippen LogP contribution in [-0.2, 0) is 4.74 Å². The Morgan fingerprint density at radius 1 is 1.23 bits per heavy atom. The second-order valence-corrected chi connectivity index (χ2v) is 9.83. The molecule has 3 rings (SSSR count). The number of methoxy groups -OCH3 is 1. The Hall–Kier alpha value is -1.95. The smallest absolute Gasteiger partial charge is 0.410 e. The minimum absolute atomic E-state index is 0.177. The number of amides is 1. The van der Waals surface area contributed by atoms with E-state index in [4.69, 9.17) is 9.47 Å². The summed E-state index contributed by atoms with van der Waals surface area (Å²) in [6.45, 7) is 12.8. The molecule has 2 fully saturated rings. The number of nitrogens with zero attached hydrogens (tertiary/aromatic N) is 2. The molecule has 1 aromatic rings. The Bertz CT molecular complexity index is 703. The van der Waals surface area contributed by atoms with Crippen LogP contribution in [0.3, 0.4) is 0 Å². The molecule has 0 spiro atoms. The fourth-order valence-corrected chi connectivity index (χ4v) is 4.47. The molecule has 6 nitrogen and oxygen atoms in total. The number of ether oxygens (including phenoxy) is 2. The van der Waals surface area contributed by atoms with Crippen molar-refractivity contribution in [3.05, 3.63) is 24.3 Å².